The number of hydrogen-bond donors (Lipinski definition) is 2. The van der Waals surface area contributed by atoms with Crippen molar-refractivity contribution in [3.63, 3.8) is 0 Å². The van der Waals surface area contributed by atoms with Crippen LogP contribution in [-0.4, -0.2) is 11.7 Å². The van der Waals surface area contributed by atoms with Crippen molar-refractivity contribution in [1.82, 2.24) is 5.48 Å². The minimum Gasteiger partial charge on any atom is -0.394 e. The average molecular weight is 347 g/mol. The van der Waals surface area contributed by atoms with Crippen LogP contribution in [0.15, 0.2) is 42.5 Å². The lowest BCUT2D eigenvalue weighted by Crippen LogP contribution is -2.24. The van der Waals surface area contributed by atoms with Crippen LogP contribution in [0.3, 0.4) is 0 Å². The predicted octanol–water partition coefficient (Wildman–Crippen LogP) is 4.40. The number of aliphatic hydroxyl groups excluding tert-OH is 1. The zero-order valence-corrected chi connectivity index (χ0v) is 13.3. The summed E-state index contributed by atoms with van der Waals surface area (Å²) in [7, 11) is 0. The van der Waals surface area contributed by atoms with Gasteiger partial charge in [0, 0.05) is 5.02 Å². The quantitative estimate of drug-likeness (QED) is 0.762. The smallest absolute Gasteiger partial charge is 0.0933 e. The van der Waals surface area contributed by atoms with Gasteiger partial charge >= 0.3 is 0 Å². The molecule has 0 heterocycles. The van der Waals surface area contributed by atoms with Gasteiger partial charge in [0.2, 0.25) is 0 Å². The van der Waals surface area contributed by atoms with Crippen molar-refractivity contribution >= 4 is 34.8 Å². The molecule has 0 aromatic heterocycles. The summed E-state index contributed by atoms with van der Waals surface area (Å²) in [6.45, 7) is 0.212. The maximum Gasteiger partial charge on any atom is 0.0933 e. The van der Waals surface area contributed by atoms with E-state index in [1.165, 1.54) is 0 Å². The Labute approximate surface area is 138 Å². The third-order valence-corrected chi connectivity index (χ3v) is 3.89. The lowest BCUT2D eigenvalue weighted by atomic mass is 10.1. The first-order valence-corrected chi connectivity index (χ1v) is 7.41. The van der Waals surface area contributed by atoms with Gasteiger partial charge in [0.15, 0.2) is 0 Å². The molecule has 3 nitrogen and oxygen atoms in total. The van der Waals surface area contributed by atoms with Gasteiger partial charge in [0.05, 0.1) is 29.3 Å². The highest BCUT2D eigenvalue weighted by Gasteiger charge is 2.10. The Kier molecular flexibility index (Phi) is 6.30. The summed E-state index contributed by atoms with van der Waals surface area (Å²) in [6, 6.07) is 12.1. The highest BCUT2D eigenvalue weighted by atomic mass is 35.5. The molecule has 0 spiro atoms. The van der Waals surface area contributed by atoms with Crippen LogP contribution < -0.4 is 5.48 Å². The molecule has 0 saturated carbocycles. The van der Waals surface area contributed by atoms with Crippen LogP contribution in [0.5, 0.6) is 0 Å². The van der Waals surface area contributed by atoms with Gasteiger partial charge in [-0.05, 0) is 35.4 Å². The van der Waals surface area contributed by atoms with Crippen LogP contribution in [0.4, 0.5) is 0 Å². The van der Waals surface area contributed by atoms with E-state index in [4.69, 9.17) is 39.6 Å². The number of rotatable bonds is 6. The van der Waals surface area contributed by atoms with E-state index in [0.29, 0.717) is 21.7 Å². The fraction of sp³-hybridized carbons (Fsp3) is 0.200. The van der Waals surface area contributed by atoms with E-state index in [0.717, 1.165) is 11.1 Å². The molecular formula is C15H14Cl3NO2. The molecule has 2 rings (SSSR count). The summed E-state index contributed by atoms with van der Waals surface area (Å²) in [5.74, 6) is 0. The van der Waals surface area contributed by atoms with E-state index < -0.39 is 0 Å². The molecule has 2 aromatic carbocycles. The van der Waals surface area contributed by atoms with E-state index in [1.54, 1.807) is 24.3 Å². The van der Waals surface area contributed by atoms with Crippen molar-refractivity contribution in [1.29, 1.82) is 0 Å². The SMILES string of the molecule is OCC(NOCc1ccc(Cl)c(Cl)c1)c1ccc(Cl)cc1. The average Bonchev–Trinajstić information content (AvgIpc) is 2.48. The van der Waals surface area contributed by atoms with Gasteiger partial charge in [-0.3, -0.25) is 4.84 Å². The van der Waals surface area contributed by atoms with Gasteiger partial charge in [-0.1, -0.05) is 53.0 Å². The van der Waals surface area contributed by atoms with Crippen molar-refractivity contribution in [3.05, 3.63) is 68.7 Å². The van der Waals surface area contributed by atoms with Crippen LogP contribution in [0.25, 0.3) is 0 Å². The Hall–Kier alpha value is -0.810. The maximum atomic E-state index is 9.41. The summed E-state index contributed by atoms with van der Waals surface area (Å²) in [5, 5.41) is 11.0. The maximum absolute atomic E-state index is 9.41. The van der Waals surface area contributed by atoms with E-state index in [2.05, 4.69) is 5.48 Å². The normalized spacial score (nSPS) is 12.4. The molecule has 1 unspecified atom stereocenters. The number of nitrogens with one attached hydrogen (secondary N) is 1. The summed E-state index contributed by atoms with van der Waals surface area (Å²) >= 11 is 17.6. The van der Waals surface area contributed by atoms with E-state index in [9.17, 15) is 5.11 Å². The van der Waals surface area contributed by atoms with Crippen LogP contribution in [0.2, 0.25) is 15.1 Å². The lowest BCUT2D eigenvalue weighted by molar-refractivity contribution is -0.0103. The first kappa shape index (κ1) is 16.6. The molecule has 1 atom stereocenters. The standard InChI is InChI=1S/C15H14Cl3NO2/c16-12-4-2-11(3-5-12)15(8-20)19-21-9-10-1-6-13(17)14(18)7-10/h1-7,15,19-20H,8-9H2. The Balaban J connectivity index is 1.91. The lowest BCUT2D eigenvalue weighted by Gasteiger charge is -2.16. The molecule has 21 heavy (non-hydrogen) atoms. The number of aliphatic hydroxyl groups is 1. The number of hydroxylamine groups is 1. The van der Waals surface area contributed by atoms with Crippen molar-refractivity contribution in [2.45, 2.75) is 12.6 Å². The molecular weight excluding hydrogens is 333 g/mol. The minimum absolute atomic E-state index is 0.0942. The third-order valence-electron chi connectivity index (χ3n) is 2.90. The van der Waals surface area contributed by atoms with Crippen LogP contribution in [0, 0.1) is 0 Å². The van der Waals surface area contributed by atoms with Gasteiger partial charge < -0.3 is 5.11 Å². The largest absolute Gasteiger partial charge is 0.394 e. The Bertz CT molecular complexity index is 590. The minimum atomic E-state index is -0.329. The zero-order valence-electron chi connectivity index (χ0n) is 11.0. The molecule has 0 bridgehead atoms. The highest BCUT2D eigenvalue weighted by molar-refractivity contribution is 6.42. The summed E-state index contributed by atoms with van der Waals surface area (Å²) in [6.07, 6.45) is 0. The first-order chi connectivity index (χ1) is 10.1. The van der Waals surface area contributed by atoms with Crippen molar-refractivity contribution in [3.8, 4) is 0 Å². The molecule has 0 fully saturated rings. The molecule has 2 N–H and O–H groups in total. The molecule has 0 amide bonds. The third kappa shape index (κ3) is 4.85. The van der Waals surface area contributed by atoms with Crippen LogP contribution >= 0.6 is 34.8 Å². The van der Waals surface area contributed by atoms with Gasteiger partial charge in [0.1, 0.15) is 0 Å². The number of halogens is 3. The topological polar surface area (TPSA) is 41.5 Å². The summed E-state index contributed by atoms with van der Waals surface area (Å²) < 4.78 is 0. The Morgan fingerprint density at radius 1 is 1.00 bits per heavy atom. The number of benzene rings is 2. The Morgan fingerprint density at radius 2 is 1.71 bits per heavy atom. The van der Waals surface area contributed by atoms with Crippen molar-refractivity contribution in [2.24, 2.45) is 0 Å². The summed E-state index contributed by atoms with van der Waals surface area (Å²) in [4.78, 5) is 5.41. The second-order valence-electron chi connectivity index (χ2n) is 4.44. The zero-order chi connectivity index (χ0) is 15.2. The van der Waals surface area contributed by atoms with Gasteiger partial charge in [0.25, 0.3) is 0 Å². The van der Waals surface area contributed by atoms with Crippen LogP contribution in [0.1, 0.15) is 17.2 Å². The van der Waals surface area contributed by atoms with E-state index in [-0.39, 0.29) is 12.6 Å². The van der Waals surface area contributed by atoms with Gasteiger partial charge in [-0.2, -0.15) is 5.48 Å². The molecule has 0 saturated heterocycles. The van der Waals surface area contributed by atoms with Crippen molar-refractivity contribution in [2.75, 3.05) is 6.61 Å². The van der Waals surface area contributed by atoms with E-state index in [1.807, 2.05) is 18.2 Å². The second-order valence-corrected chi connectivity index (χ2v) is 5.69. The monoisotopic (exact) mass is 345 g/mol. The molecule has 2 aromatic rings. The van der Waals surface area contributed by atoms with E-state index >= 15 is 0 Å². The van der Waals surface area contributed by atoms with Crippen LogP contribution in [-0.2, 0) is 11.4 Å². The number of hydrogen-bond acceptors (Lipinski definition) is 3. The molecule has 6 heteroatoms. The van der Waals surface area contributed by atoms with Gasteiger partial charge in [-0.25, -0.2) is 0 Å². The molecule has 0 aliphatic carbocycles. The summed E-state index contributed by atoms with van der Waals surface area (Å²) in [5.41, 5.74) is 4.58. The highest BCUT2D eigenvalue weighted by Crippen LogP contribution is 2.23. The molecule has 0 aliphatic heterocycles. The predicted molar refractivity (Wildman–Crippen MR) is 85.7 cm³/mol. The molecule has 112 valence electrons. The van der Waals surface area contributed by atoms with Gasteiger partial charge in [-0.15, -0.1) is 0 Å². The fourth-order valence-corrected chi connectivity index (χ4v) is 2.21. The first-order valence-electron chi connectivity index (χ1n) is 6.27. The molecule has 0 aliphatic rings. The second kappa shape index (κ2) is 7.99. The fourth-order valence-electron chi connectivity index (χ4n) is 1.76. The Morgan fingerprint density at radius 3 is 2.33 bits per heavy atom. The van der Waals surface area contributed by atoms with Crippen molar-refractivity contribution < 1.29 is 9.94 Å². The molecule has 0 radical (unpaired) electrons.